The van der Waals surface area contributed by atoms with Gasteiger partial charge in [0.05, 0.1) is 0 Å². The molecule has 1 atom stereocenters. The second-order valence-electron chi connectivity index (χ2n) is 2.13. The Balaban J connectivity index is 2.40. The van der Waals surface area contributed by atoms with Gasteiger partial charge in [-0.3, -0.25) is 0 Å². The Labute approximate surface area is 76.8 Å². The molecule has 1 aliphatic rings. The second-order valence-corrected chi connectivity index (χ2v) is 5.47. The van der Waals surface area contributed by atoms with Gasteiger partial charge in [-0.1, -0.05) is 21.6 Å². The molecule has 11 heavy (non-hydrogen) atoms. The van der Waals surface area contributed by atoms with Crippen molar-refractivity contribution in [1.29, 1.82) is 0 Å². The van der Waals surface area contributed by atoms with E-state index in [0.29, 0.717) is 0 Å². The summed E-state index contributed by atoms with van der Waals surface area (Å²) in [6, 6.07) is 4.18. The molecule has 0 saturated heterocycles. The average Bonchev–Trinajstić information content (AvgIpc) is 2.55. The SMILES string of the molecule is S=S1C=CC=C1c1cccs1. The standard InChI is InChI=1S/C8H6S3/c9-11-6-2-4-8(11)7-3-1-5-10-7/h1-6H. The van der Waals surface area contributed by atoms with Gasteiger partial charge >= 0.3 is 0 Å². The zero-order valence-corrected chi connectivity index (χ0v) is 8.14. The fourth-order valence-electron chi connectivity index (χ4n) is 0.938. The minimum atomic E-state index is -0.0657. The summed E-state index contributed by atoms with van der Waals surface area (Å²) in [5, 5.41) is 4.16. The van der Waals surface area contributed by atoms with Crippen molar-refractivity contribution >= 4 is 36.9 Å². The minimum absolute atomic E-state index is 0.0657. The lowest BCUT2D eigenvalue weighted by Gasteiger charge is -1.96. The van der Waals surface area contributed by atoms with Crippen molar-refractivity contribution in [1.82, 2.24) is 0 Å². The van der Waals surface area contributed by atoms with Gasteiger partial charge in [0.25, 0.3) is 0 Å². The van der Waals surface area contributed by atoms with Gasteiger partial charge in [0.15, 0.2) is 0 Å². The van der Waals surface area contributed by atoms with Crippen LogP contribution in [0.4, 0.5) is 0 Å². The molecule has 0 aliphatic carbocycles. The van der Waals surface area contributed by atoms with Gasteiger partial charge in [-0.2, -0.15) is 0 Å². The van der Waals surface area contributed by atoms with E-state index in [2.05, 4.69) is 29.0 Å². The van der Waals surface area contributed by atoms with Crippen LogP contribution in [-0.4, -0.2) is 0 Å². The Morgan fingerprint density at radius 3 is 2.91 bits per heavy atom. The van der Waals surface area contributed by atoms with Gasteiger partial charge in [-0.05, 0) is 34.1 Å². The summed E-state index contributed by atoms with van der Waals surface area (Å²) in [5.41, 5.74) is 0. The Morgan fingerprint density at radius 2 is 2.36 bits per heavy atom. The highest BCUT2D eigenvalue weighted by Gasteiger charge is 2.07. The summed E-state index contributed by atoms with van der Waals surface area (Å²) in [7, 11) is -0.0657. The molecular weight excluding hydrogens is 192 g/mol. The zero-order chi connectivity index (χ0) is 7.68. The van der Waals surface area contributed by atoms with Crippen LogP contribution in [0, 0.1) is 0 Å². The Hall–Kier alpha value is -0.250. The van der Waals surface area contributed by atoms with Gasteiger partial charge in [0.2, 0.25) is 0 Å². The van der Waals surface area contributed by atoms with E-state index in [-0.39, 0.29) is 9.45 Å². The number of rotatable bonds is 1. The molecular formula is C8H6S3. The lowest BCUT2D eigenvalue weighted by atomic mass is 10.4. The molecule has 0 amide bonds. The van der Waals surface area contributed by atoms with Crippen LogP contribution in [0.15, 0.2) is 35.1 Å². The maximum absolute atomic E-state index is 5.25. The number of hydrogen-bond donors (Lipinski definition) is 0. The Bertz CT molecular complexity index is 330. The van der Waals surface area contributed by atoms with Crippen molar-refractivity contribution in [2.75, 3.05) is 0 Å². The first-order valence-corrected chi connectivity index (χ1v) is 6.30. The summed E-state index contributed by atoms with van der Waals surface area (Å²) >= 11 is 7.01. The third kappa shape index (κ3) is 1.36. The summed E-state index contributed by atoms with van der Waals surface area (Å²) in [6.45, 7) is 0. The molecule has 2 rings (SSSR count). The molecule has 0 nitrogen and oxygen atoms in total. The third-order valence-electron chi connectivity index (χ3n) is 1.43. The smallest absolute Gasteiger partial charge is 0.0412 e. The van der Waals surface area contributed by atoms with Crippen LogP contribution >= 0.6 is 11.3 Å². The number of allylic oxidation sites excluding steroid dienone is 2. The summed E-state index contributed by atoms with van der Waals surface area (Å²) < 4.78 is 0. The molecule has 3 heteroatoms. The number of thiophene rings is 1. The highest BCUT2D eigenvalue weighted by atomic mass is 32.8. The topological polar surface area (TPSA) is 0 Å². The van der Waals surface area contributed by atoms with E-state index in [9.17, 15) is 0 Å². The molecule has 0 saturated carbocycles. The molecule has 1 aromatic heterocycles. The molecule has 2 heterocycles. The van der Waals surface area contributed by atoms with E-state index in [1.54, 1.807) is 11.3 Å². The monoisotopic (exact) mass is 198 g/mol. The molecule has 1 aromatic rings. The molecule has 0 spiro atoms. The van der Waals surface area contributed by atoms with Crippen LogP contribution < -0.4 is 0 Å². The van der Waals surface area contributed by atoms with E-state index in [0.717, 1.165) is 0 Å². The van der Waals surface area contributed by atoms with Gasteiger partial charge in [-0.25, -0.2) is 0 Å². The van der Waals surface area contributed by atoms with Crippen LogP contribution in [-0.2, 0) is 20.6 Å². The molecule has 0 N–H and O–H groups in total. The predicted molar refractivity (Wildman–Crippen MR) is 56.2 cm³/mol. The van der Waals surface area contributed by atoms with Crippen LogP contribution in [0.25, 0.3) is 4.91 Å². The van der Waals surface area contributed by atoms with Crippen molar-refractivity contribution in [3.63, 3.8) is 0 Å². The maximum Gasteiger partial charge on any atom is 0.0412 e. The first kappa shape index (κ1) is 7.40. The fourth-order valence-corrected chi connectivity index (χ4v) is 3.63. The molecule has 56 valence electrons. The van der Waals surface area contributed by atoms with Gasteiger partial charge < -0.3 is 0 Å². The molecule has 0 fully saturated rings. The van der Waals surface area contributed by atoms with Crippen molar-refractivity contribution in [2.24, 2.45) is 0 Å². The third-order valence-corrected chi connectivity index (χ3v) is 4.53. The van der Waals surface area contributed by atoms with Gasteiger partial charge in [0.1, 0.15) is 0 Å². The maximum atomic E-state index is 5.25. The van der Waals surface area contributed by atoms with E-state index in [1.165, 1.54) is 9.78 Å². The fraction of sp³-hybridized carbons (Fsp3) is 0. The summed E-state index contributed by atoms with van der Waals surface area (Å²) in [4.78, 5) is 2.61. The van der Waals surface area contributed by atoms with Crippen molar-refractivity contribution < 1.29 is 0 Å². The Kier molecular flexibility index (Phi) is 2.02. The average molecular weight is 198 g/mol. The van der Waals surface area contributed by atoms with E-state index in [1.807, 2.05) is 6.08 Å². The van der Waals surface area contributed by atoms with Crippen LogP contribution in [0.5, 0.6) is 0 Å². The lowest BCUT2D eigenvalue weighted by Crippen LogP contribution is -1.80. The highest BCUT2D eigenvalue weighted by Crippen LogP contribution is 2.27. The molecule has 1 aliphatic heterocycles. The quantitative estimate of drug-likeness (QED) is 0.668. The normalized spacial score (nSPS) is 22.2. The molecule has 0 aromatic carbocycles. The molecule has 1 unspecified atom stereocenters. The summed E-state index contributed by atoms with van der Waals surface area (Å²) in [6.07, 6.45) is 4.16. The minimum Gasteiger partial charge on any atom is -0.143 e. The van der Waals surface area contributed by atoms with Gasteiger partial charge in [-0.15, -0.1) is 11.3 Å². The first-order chi connectivity index (χ1) is 5.38. The van der Waals surface area contributed by atoms with Crippen molar-refractivity contribution in [2.45, 2.75) is 0 Å². The predicted octanol–water partition coefficient (Wildman–Crippen LogP) is 2.70. The second kappa shape index (κ2) is 3.01. The van der Waals surface area contributed by atoms with E-state index >= 15 is 0 Å². The Morgan fingerprint density at radius 1 is 1.45 bits per heavy atom. The van der Waals surface area contributed by atoms with Crippen LogP contribution in [0.3, 0.4) is 0 Å². The van der Waals surface area contributed by atoms with Crippen molar-refractivity contribution in [3.05, 3.63) is 40.0 Å². The summed E-state index contributed by atoms with van der Waals surface area (Å²) in [5.74, 6) is 0. The van der Waals surface area contributed by atoms with Crippen LogP contribution in [0.1, 0.15) is 4.88 Å². The molecule has 0 radical (unpaired) electrons. The largest absolute Gasteiger partial charge is 0.143 e. The molecule has 0 bridgehead atoms. The van der Waals surface area contributed by atoms with Crippen molar-refractivity contribution in [3.8, 4) is 0 Å². The first-order valence-electron chi connectivity index (χ1n) is 3.21. The van der Waals surface area contributed by atoms with Gasteiger partial charge in [0, 0.05) is 9.78 Å². The van der Waals surface area contributed by atoms with E-state index < -0.39 is 0 Å². The van der Waals surface area contributed by atoms with Crippen LogP contribution in [0.2, 0.25) is 0 Å². The number of hydrogen-bond acceptors (Lipinski definition) is 2. The zero-order valence-electron chi connectivity index (χ0n) is 5.69. The van der Waals surface area contributed by atoms with E-state index in [4.69, 9.17) is 11.2 Å². The highest BCUT2D eigenvalue weighted by molar-refractivity contribution is 8.36. The lowest BCUT2D eigenvalue weighted by molar-refractivity contribution is 1.93.